The molecular weight excluding hydrogens is 352 g/mol. The summed E-state index contributed by atoms with van der Waals surface area (Å²) in [5.74, 6) is 1.03. The fraction of sp³-hybridized carbons (Fsp3) is 0.545. The third kappa shape index (κ3) is 3.30. The van der Waals surface area contributed by atoms with E-state index >= 15 is 0 Å². The van der Waals surface area contributed by atoms with E-state index in [-0.39, 0.29) is 11.6 Å². The molecule has 148 valence electrons. The molecular formula is C22H28N4O2. The Balaban J connectivity index is 1.31. The van der Waals surface area contributed by atoms with Crippen LogP contribution in [0.1, 0.15) is 41.7 Å². The van der Waals surface area contributed by atoms with E-state index < -0.39 is 0 Å². The highest BCUT2D eigenvalue weighted by Gasteiger charge is 2.45. The van der Waals surface area contributed by atoms with Gasteiger partial charge in [-0.2, -0.15) is 0 Å². The van der Waals surface area contributed by atoms with Crippen molar-refractivity contribution < 1.29 is 4.79 Å². The second kappa shape index (κ2) is 7.24. The number of hydrogen-bond acceptors (Lipinski definition) is 3. The van der Waals surface area contributed by atoms with Gasteiger partial charge in [-0.1, -0.05) is 36.8 Å². The first-order valence-electron chi connectivity index (χ1n) is 10.5. The van der Waals surface area contributed by atoms with Crippen LogP contribution >= 0.6 is 0 Å². The smallest absolute Gasteiger partial charge is 0.323 e. The van der Waals surface area contributed by atoms with Gasteiger partial charge in [0.2, 0.25) is 0 Å². The van der Waals surface area contributed by atoms with Gasteiger partial charge >= 0.3 is 5.69 Å². The molecule has 1 aromatic heterocycles. The van der Waals surface area contributed by atoms with Crippen LogP contribution in [0.15, 0.2) is 41.3 Å². The summed E-state index contributed by atoms with van der Waals surface area (Å²) in [6, 6.07) is 12.0. The Morgan fingerprint density at radius 2 is 1.96 bits per heavy atom. The number of aromatic nitrogens is 2. The van der Waals surface area contributed by atoms with Crippen molar-refractivity contribution in [3.63, 3.8) is 0 Å². The molecule has 0 aliphatic carbocycles. The normalized spacial score (nSPS) is 30.1. The number of fused-ring (bicyclic) bond motifs is 4. The molecule has 5 rings (SSSR count). The van der Waals surface area contributed by atoms with Gasteiger partial charge in [0, 0.05) is 37.9 Å². The highest BCUT2D eigenvalue weighted by atomic mass is 16.2. The van der Waals surface area contributed by atoms with Gasteiger partial charge in [-0.05, 0) is 43.1 Å². The maximum absolute atomic E-state index is 12.8. The molecule has 1 amide bonds. The number of aromatic amines is 2. The molecule has 3 aliphatic rings. The summed E-state index contributed by atoms with van der Waals surface area (Å²) < 4.78 is 0. The number of piperidine rings is 3. The zero-order chi connectivity index (χ0) is 19.1. The number of H-pyrrole nitrogens is 2. The van der Waals surface area contributed by atoms with E-state index in [4.69, 9.17) is 0 Å². The van der Waals surface area contributed by atoms with Crippen molar-refractivity contribution in [2.75, 3.05) is 19.6 Å². The van der Waals surface area contributed by atoms with E-state index in [0.717, 1.165) is 26.1 Å². The number of imidazole rings is 1. The first kappa shape index (κ1) is 17.7. The van der Waals surface area contributed by atoms with Crippen LogP contribution in [0.25, 0.3) is 0 Å². The summed E-state index contributed by atoms with van der Waals surface area (Å²) in [5.41, 5.74) is 1.49. The summed E-state index contributed by atoms with van der Waals surface area (Å²) in [6.45, 7) is 2.69. The molecule has 3 fully saturated rings. The number of nitrogens with one attached hydrogen (secondary N) is 2. The Kier molecular flexibility index (Phi) is 4.59. The quantitative estimate of drug-likeness (QED) is 0.858. The molecule has 0 spiro atoms. The summed E-state index contributed by atoms with van der Waals surface area (Å²) in [4.78, 5) is 34.1. The van der Waals surface area contributed by atoms with Gasteiger partial charge in [-0.3, -0.25) is 9.69 Å². The molecule has 0 unspecified atom stereocenters. The number of hydrogen-bond donors (Lipinski definition) is 2. The van der Waals surface area contributed by atoms with Crippen LogP contribution in [0.5, 0.6) is 0 Å². The Bertz CT molecular complexity index is 889. The molecule has 2 aromatic rings. The predicted octanol–water partition coefficient (Wildman–Crippen LogP) is 2.26. The SMILES string of the molecule is O=C(c1c[nH]c(=O)[nH]1)N1C[C@@H]2C[C@H](C1)[C@@H]1CCC[C@H](Cc3ccccc3)N1C2. The maximum atomic E-state index is 12.8. The molecule has 0 saturated carbocycles. The van der Waals surface area contributed by atoms with Crippen LogP contribution in [-0.2, 0) is 6.42 Å². The third-order valence-electron chi connectivity index (χ3n) is 6.94. The van der Waals surface area contributed by atoms with Gasteiger partial charge in [0.15, 0.2) is 0 Å². The highest BCUT2D eigenvalue weighted by Crippen LogP contribution is 2.40. The summed E-state index contributed by atoms with van der Waals surface area (Å²) >= 11 is 0. The predicted molar refractivity (Wildman–Crippen MR) is 107 cm³/mol. The van der Waals surface area contributed by atoms with Crippen LogP contribution in [0.2, 0.25) is 0 Å². The Labute approximate surface area is 164 Å². The molecule has 2 N–H and O–H groups in total. The van der Waals surface area contributed by atoms with Gasteiger partial charge in [0.1, 0.15) is 5.69 Å². The van der Waals surface area contributed by atoms with Crippen LogP contribution < -0.4 is 5.69 Å². The molecule has 4 atom stereocenters. The van der Waals surface area contributed by atoms with Crippen LogP contribution in [-0.4, -0.2) is 57.4 Å². The van der Waals surface area contributed by atoms with E-state index in [0.29, 0.717) is 29.6 Å². The minimum Gasteiger partial charge on any atom is -0.337 e. The lowest BCUT2D eigenvalue weighted by Gasteiger charge is -2.55. The first-order valence-corrected chi connectivity index (χ1v) is 10.5. The van der Waals surface area contributed by atoms with E-state index in [2.05, 4.69) is 45.2 Å². The van der Waals surface area contributed by atoms with Gasteiger partial charge in [0.25, 0.3) is 5.91 Å². The lowest BCUT2D eigenvalue weighted by Crippen LogP contribution is -2.62. The molecule has 2 bridgehead atoms. The topological polar surface area (TPSA) is 72.2 Å². The second-order valence-electron chi connectivity index (χ2n) is 8.77. The minimum atomic E-state index is -0.317. The van der Waals surface area contributed by atoms with Gasteiger partial charge in [-0.25, -0.2) is 4.79 Å². The van der Waals surface area contributed by atoms with Crippen molar-refractivity contribution >= 4 is 5.91 Å². The average Bonchev–Trinajstić information content (AvgIpc) is 3.15. The number of amides is 1. The van der Waals surface area contributed by atoms with Gasteiger partial charge in [0.05, 0.1) is 0 Å². The van der Waals surface area contributed by atoms with Crippen LogP contribution in [0, 0.1) is 11.8 Å². The number of nitrogens with zero attached hydrogens (tertiary/aromatic N) is 2. The fourth-order valence-electron chi connectivity index (χ4n) is 5.80. The van der Waals surface area contributed by atoms with E-state index in [1.807, 2.05) is 4.90 Å². The molecule has 4 heterocycles. The van der Waals surface area contributed by atoms with Crippen molar-refractivity contribution in [1.82, 2.24) is 19.8 Å². The maximum Gasteiger partial charge on any atom is 0.323 e. The summed E-state index contributed by atoms with van der Waals surface area (Å²) in [7, 11) is 0. The molecule has 1 aromatic carbocycles. The molecule has 6 nitrogen and oxygen atoms in total. The Morgan fingerprint density at radius 3 is 2.75 bits per heavy atom. The van der Waals surface area contributed by atoms with Crippen LogP contribution in [0.4, 0.5) is 0 Å². The summed E-state index contributed by atoms with van der Waals surface area (Å²) in [6.07, 6.45) is 7.65. The molecule has 28 heavy (non-hydrogen) atoms. The van der Waals surface area contributed by atoms with E-state index in [9.17, 15) is 9.59 Å². The Hall–Kier alpha value is -2.34. The molecule has 0 radical (unpaired) electrons. The molecule has 3 aliphatic heterocycles. The number of benzene rings is 1. The fourth-order valence-corrected chi connectivity index (χ4v) is 5.80. The van der Waals surface area contributed by atoms with Crippen molar-refractivity contribution in [3.8, 4) is 0 Å². The third-order valence-corrected chi connectivity index (χ3v) is 6.94. The lowest BCUT2D eigenvalue weighted by atomic mass is 9.74. The zero-order valence-electron chi connectivity index (χ0n) is 16.1. The van der Waals surface area contributed by atoms with Gasteiger partial charge < -0.3 is 14.9 Å². The second-order valence-corrected chi connectivity index (χ2v) is 8.77. The minimum absolute atomic E-state index is 0.0434. The highest BCUT2D eigenvalue weighted by molar-refractivity contribution is 5.92. The average molecular weight is 380 g/mol. The number of carbonyl (C=O) groups excluding carboxylic acids is 1. The number of carbonyl (C=O) groups is 1. The number of likely N-dealkylation sites (tertiary alicyclic amines) is 1. The van der Waals surface area contributed by atoms with E-state index in [1.165, 1.54) is 37.4 Å². The van der Waals surface area contributed by atoms with Crippen molar-refractivity contribution in [3.05, 3.63) is 58.3 Å². The lowest BCUT2D eigenvalue weighted by molar-refractivity contribution is -0.0499. The Morgan fingerprint density at radius 1 is 1.11 bits per heavy atom. The summed E-state index contributed by atoms with van der Waals surface area (Å²) in [5, 5.41) is 0. The van der Waals surface area contributed by atoms with Gasteiger partial charge in [-0.15, -0.1) is 0 Å². The zero-order valence-corrected chi connectivity index (χ0v) is 16.1. The standard InChI is InChI=1S/C22H28N4O2/c27-21(19-11-23-22(28)24-19)25-12-16-9-17(14-25)20-8-4-7-18(26(20)13-16)10-15-5-2-1-3-6-15/h1-3,5-6,11,16-18,20H,4,7-10,12-14H2,(H2,23,24,28)/t16-,17+,18+,20-/m0/s1. The van der Waals surface area contributed by atoms with Crippen molar-refractivity contribution in [2.45, 2.75) is 44.2 Å². The van der Waals surface area contributed by atoms with Crippen molar-refractivity contribution in [2.24, 2.45) is 11.8 Å². The van der Waals surface area contributed by atoms with E-state index in [1.54, 1.807) is 0 Å². The number of rotatable bonds is 3. The van der Waals surface area contributed by atoms with Crippen LogP contribution in [0.3, 0.4) is 0 Å². The molecule has 3 saturated heterocycles. The first-order chi connectivity index (χ1) is 13.7. The largest absolute Gasteiger partial charge is 0.337 e. The monoisotopic (exact) mass is 380 g/mol. The van der Waals surface area contributed by atoms with Crippen molar-refractivity contribution in [1.29, 1.82) is 0 Å². The molecule has 6 heteroatoms.